The van der Waals surface area contributed by atoms with Gasteiger partial charge in [-0.25, -0.2) is 13.1 Å². The number of sulfonamides is 1. The van der Waals surface area contributed by atoms with Gasteiger partial charge in [0, 0.05) is 19.8 Å². The van der Waals surface area contributed by atoms with E-state index in [1.54, 1.807) is 25.3 Å². The van der Waals surface area contributed by atoms with E-state index in [2.05, 4.69) is 19.7 Å². The average molecular weight is 340 g/mol. The minimum Gasteiger partial charge on any atom is -0.399 e. The van der Waals surface area contributed by atoms with Crippen molar-refractivity contribution in [3.63, 3.8) is 0 Å². The van der Waals surface area contributed by atoms with Crippen LogP contribution < -0.4 is 15.4 Å². The Hall–Kier alpha value is -2.07. The van der Waals surface area contributed by atoms with Crippen LogP contribution in [-0.4, -0.2) is 43.7 Å². The normalized spacial score (nSPS) is 11.2. The molecule has 0 saturated heterocycles. The lowest BCUT2D eigenvalue weighted by Gasteiger charge is -2.13. The highest BCUT2D eigenvalue weighted by Crippen LogP contribution is 2.18. The van der Waals surface area contributed by atoms with Gasteiger partial charge in [0.1, 0.15) is 0 Å². The first-order chi connectivity index (χ1) is 10.3. The minimum absolute atomic E-state index is 0.0279. The van der Waals surface area contributed by atoms with Gasteiger partial charge >= 0.3 is 0 Å². The molecule has 0 aliphatic rings. The SMILES string of the molecule is CSc1nc(NS(=O)(=O)c2ccc(N)cc2)nc(N(C)C)n1. The molecule has 118 valence electrons. The largest absolute Gasteiger partial charge is 0.399 e. The molecule has 1 aromatic carbocycles. The average Bonchev–Trinajstić information content (AvgIpc) is 2.46. The fourth-order valence-corrected chi connectivity index (χ4v) is 2.80. The molecule has 0 amide bonds. The van der Waals surface area contributed by atoms with E-state index in [1.165, 1.54) is 36.0 Å². The van der Waals surface area contributed by atoms with Gasteiger partial charge in [-0.3, -0.25) is 0 Å². The molecule has 3 N–H and O–H groups in total. The number of aromatic nitrogens is 3. The third-order valence-electron chi connectivity index (χ3n) is 2.60. The van der Waals surface area contributed by atoms with Crippen LogP contribution in [0.15, 0.2) is 34.3 Å². The Kier molecular flexibility index (Phi) is 4.71. The maximum atomic E-state index is 12.3. The molecule has 0 bridgehead atoms. The number of rotatable bonds is 5. The van der Waals surface area contributed by atoms with Crippen molar-refractivity contribution in [2.24, 2.45) is 0 Å². The summed E-state index contributed by atoms with van der Waals surface area (Å²) in [6.07, 6.45) is 1.80. The fraction of sp³-hybridized carbons (Fsp3) is 0.250. The quantitative estimate of drug-likeness (QED) is 0.613. The number of hydrogen-bond acceptors (Lipinski definition) is 8. The Morgan fingerprint density at radius 3 is 2.32 bits per heavy atom. The number of anilines is 3. The van der Waals surface area contributed by atoms with Crippen molar-refractivity contribution in [1.82, 2.24) is 15.0 Å². The molecule has 10 heteroatoms. The number of hydrogen-bond donors (Lipinski definition) is 2. The third-order valence-corrected chi connectivity index (χ3v) is 4.49. The van der Waals surface area contributed by atoms with E-state index in [0.717, 1.165) is 0 Å². The number of nitrogen functional groups attached to an aromatic ring is 1. The molecule has 22 heavy (non-hydrogen) atoms. The summed E-state index contributed by atoms with van der Waals surface area (Å²) in [4.78, 5) is 14.1. The van der Waals surface area contributed by atoms with Crippen LogP contribution >= 0.6 is 11.8 Å². The maximum Gasteiger partial charge on any atom is 0.264 e. The first kappa shape index (κ1) is 16.3. The highest BCUT2D eigenvalue weighted by atomic mass is 32.2. The highest BCUT2D eigenvalue weighted by Gasteiger charge is 2.17. The monoisotopic (exact) mass is 340 g/mol. The standard InChI is InChI=1S/C12H16N6O2S2/c1-18(2)11-14-10(15-12(16-11)21-3)17-22(19,20)9-6-4-8(13)5-7-9/h4-7H,13H2,1-3H3,(H,14,15,16,17). The topological polar surface area (TPSA) is 114 Å². The van der Waals surface area contributed by atoms with Gasteiger partial charge in [-0.2, -0.15) is 15.0 Å². The van der Waals surface area contributed by atoms with E-state index in [9.17, 15) is 8.42 Å². The second-order valence-corrected chi connectivity index (χ2v) is 6.97. The van der Waals surface area contributed by atoms with Crippen molar-refractivity contribution in [2.75, 3.05) is 35.7 Å². The van der Waals surface area contributed by atoms with Gasteiger partial charge in [-0.1, -0.05) is 11.8 Å². The van der Waals surface area contributed by atoms with E-state index in [0.29, 0.717) is 16.8 Å². The maximum absolute atomic E-state index is 12.3. The summed E-state index contributed by atoms with van der Waals surface area (Å²) in [5, 5.41) is 0.425. The Labute approximate surface area is 133 Å². The van der Waals surface area contributed by atoms with E-state index in [-0.39, 0.29) is 10.8 Å². The molecule has 0 fully saturated rings. The molecule has 1 heterocycles. The van der Waals surface area contributed by atoms with Gasteiger partial charge in [0.2, 0.25) is 11.9 Å². The molecular weight excluding hydrogens is 324 g/mol. The first-order valence-corrected chi connectivity index (χ1v) is 8.88. The molecular formula is C12H16N6O2S2. The van der Waals surface area contributed by atoms with Crippen LogP contribution in [0.2, 0.25) is 0 Å². The summed E-state index contributed by atoms with van der Waals surface area (Å²) in [5.74, 6) is 0.342. The van der Waals surface area contributed by atoms with Gasteiger partial charge in [0.15, 0.2) is 5.16 Å². The predicted octanol–water partition coefficient (Wildman–Crippen LogP) is 1.04. The van der Waals surface area contributed by atoms with E-state index < -0.39 is 10.0 Å². The minimum atomic E-state index is -3.78. The van der Waals surface area contributed by atoms with E-state index in [1.807, 2.05) is 0 Å². The lowest BCUT2D eigenvalue weighted by atomic mass is 10.3. The molecule has 0 atom stereocenters. The number of nitrogens with two attached hydrogens (primary N) is 1. The number of thioether (sulfide) groups is 1. The summed E-state index contributed by atoms with van der Waals surface area (Å²) in [7, 11) is -0.260. The zero-order valence-electron chi connectivity index (χ0n) is 12.3. The molecule has 2 aromatic rings. The van der Waals surface area contributed by atoms with Crippen molar-refractivity contribution in [1.29, 1.82) is 0 Å². The molecule has 1 aromatic heterocycles. The van der Waals surface area contributed by atoms with Gasteiger partial charge in [0.25, 0.3) is 10.0 Å². The van der Waals surface area contributed by atoms with Crippen LogP contribution in [0.4, 0.5) is 17.6 Å². The lowest BCUT2D eigenvalue weighted by molar-refractivity contribution is 0.600. The van der Waals surface area contributed by atoms with Crippen LogP contribution in [0, 0.1) is 0 Å². The van der Waals surface area contributed by atoms with Gasteiger partial charge < -0.3 is 10.6 Å². The van der Waals surface area contributed by atoms with Crippen molar-refractivity contribution in [3.8, 4) is 0 Å². The zero-order valence-corrected chi connectivity index (χ0v) is 13.9. The summed E-state index contributed by atoms with van der Waals surface area (Å²) in [5.41, 5.74) is 6.04. The van der Waals surface area contributed by atoms with Gasteiger partial charge in [0.05, 0.1) is 4.90 Å². The second kappa shape index (κ2) is 6.36. The molecule has 0 aliphatic carbocycles. The van der Waals surface area contributed by atoms with Crippen molar-refractivity contribution in [3.05, 3.63) is 24.3 Å². The summed E-state index contributed by atoms with van der Waals surface area (Å²) in [6.45, 7) is 0. The zero-order chi connectivity index (χ0) is 16.3. The van der Waals surface area contributed by atoms with Crippen LogP contribution in [0.25, 0.3) is 0 Å². The van der Waals surface area contributed by atoms with Gasteiger partial charge in [-0.05, 0) is 30.5 Å². The van der Waals surface area contributed by atoms with Crippen molar-refractivity contribution < 1.29 is 8.42 Å². The molecule has 0 spiro atoms. The Morgan fingerprint density at radius 1 is 1.14 bits per heavy atom. The van der Waals surface area contributed by atoms with Crippen molar-refractivity contribution in [2.45, 2.75) is 10.1 Å². The van der Waals surface area contributed by atoms with Crippen LogP contribution in [-0.2, 0) is 10.0 Å². The van der Waals surface area contributed by atoms with Crippen LogP contribution in [0.5, 0.6) is 0 Å². The second-order valence-electron chi connectivity index (χ2n) is 4.51. The van der Waals surface area contributed by atoms with Crippen LogP contribution in [0.1, 0.15) is 0 Å². The van der Waals surface area contributed by atoms with E-state index in [4.69, 9.17) is 5.73 Å². The summed E-state index contributed by atoms with van der Waals surface area (Å²) in [6, 6.07) is 5.86. The molecule has 0 saturated carbocycles. The number of nitrogens with one attached hydrogen (secondary N) is 1. The Morgan fingerprint density at radius 2 is 1.77 bits per heavy atom. The summed E-state index contributed by atoms with van der Waals surface area (Å²) >= 11 is 1.30. The highest BCUT2D eigenvalue weighted by molar-refractivity contribution is 7.98. The fourth-order valence-electron chi connectivity index (χ4n) is 1.51. The molecule has 0 aliphatic heterocycles. The smallest absolute Gasteiger partial charge is 0.264 e. The van der Waals surface area contributed by atoms with Crippen LogP contribution in [0.3, 0.4) is 0 Å². The predicted molar refractivity (Wildman–Crippen MR) is 87.6 cm³/mol. The first-order valence-electron chi connectivity index (χ1n) is 6.17. The Balaban J connectivity index is 2.36. The third kappa shape index (κ3) is 3.77. The van der Waals surface area contributed by atoms with Gasteiger partial charge in [-0.15, -0.1) is 0 Å². The molecule has 8 nitrogen and oxygen atoms in total. The lowest BCUT2D eigenvalue weighted by Crippen LogP contribution is -2.19. The molecule has 0 radical (unpaired) electrons. The number of benzene rings is 1. The molecule has 0 unspecified atom stereocenters. The van der Waals surface area contributed by atoms with Crippen molar-refractivity contribution >= 4 is 39.4 Å². The Bertz CT molecular complexity index is 762. The summed E-state index contributed by atoms with van der Waals surface area (Å²) < 4.78 is 27.0. The van der Waals surface area contributed by atoms with E-state index >= 15 is 0 Å². The number of nitrogens with zero attached hydrogens (tertiary/aromatic N) is 4. The molecule has 2 rings (SSSR count).